The molecule has 9 heteroatoms. The van der Waals surface area contributed by atoms with E-state index in [4.69, 9.17) is 19.2 Å². The highest BCUT2D eigenvalue weighted by atomic mass is 127. The van der Waals surface area contributed by atoms with Crippen LogP contribution in [0.4, 0.5) is 5.69 Å². The van der Waals surface area contributed by atoms with Crippen molar-refractivity contribution in [1.29, 1.82) is 0 Å². The summed E-state index contributed by atoms with van der Waals surface area (Å²) in [6.45, 7) is 7.72. The number of aliphatic imine (C=N–C) groups is 1. The lowest BCUT2D eigenvalue weighted by Gasteiger charge is -2.21. The number of benzene rings is 1. The van der Waals surface area contributed by atoms with Crippen LogP contribution < -0.4 is 29.7 Å². The first kappa shape index (κ1) is 25.8. The number of nitrogens with one attached hydrogen (secondary N) is 2. The van der Waals surface area contributed by atoms with E-state index >= 15 is 0 Å². The van der Waals surface area contributed by atoms with E-state index in [1.54, 1.807) is 20.4 Å². The Labute approximate surface area is 207 Å². The summed E-state index contributed by atoms with van der Waals surface area (Å²) < 4.78 is 16.4. The number of guanidine groups is 1. The van der Waals surface area contributed by atoms with Crippen LogP contribution in [0.15, 0.2) is 41.5 Å². The number of pyridine rings is 1. The molecule has 1 aliphatic heterocycles. The molecule has 0 saturated carbocycles. The number of ether oxygens (including phenoxy) is 3. The van der Waals surface area contributed by atoms with Gasteiger partial charge in [0, 0.05) is 61.3 Å². The second-order valence-electron chi connectivity index (χ2n) is 7.24. The number of rotatable bonds is 9. The summed E-state index contributed by atoms with van der Waals surface area (Å²) in [6.07, 6.45) is 2.75. The van der Waals surface area contributed by atoms with Gasteiger partial charge in [-0.1, -0.05) is 6.07 Å². The van der Waals surface area contributed by atoms with Gasteiger partial charge in [-0.2, -0.15) is 0 Å². The van der Waals surface area contributed by atoms with Crippen LogP contribution in [-0.2, 0) is 6.54 Å². The average Bonchev–Trinajstić information content (AvgIpc) is 3.27. The van der Waals surface area contributed by atoms with Gasteiger partial charge in [0.15, 0.2) is 5.96 Å². The third-order valence-corrected chi connectivity index (χ3v) is 5.11. The van der Waals surface area contributed by atoms with Crippen LogP contribution in [0.1, 0.15) is 25.8 Å². The van der Waals surface area contributed by atoms with Crippen molar-refractivity contribution in [2.75, 3.05) is 45.4 Å². The minimum atomic E-state index is 0. The molecule has 1 fully saturated rings. The Morgan fingerprint density at radius 3 is 2.59 bits per heavy atom. The van der Waals surface area contributed by atoms with E-state index < -0.39 is 0 Å². The van der Waals surface area contributed by atoms with Gasteiger partial charge in [-0.3, -0.25) is 0 Å². The first-order valence-corrected chi connectivity index (χ1v) is 10.8. The molecule has 0 aliphatic carbocycles. The Bertz CT molecular complexity index is 858. The molecule has 3 rings (SSSR count). The van der Waals surface area contributed by atoms with Gasteiger partial charge in [0.05, 0.1) is 27.4 Å². The number of anilines is 1. The van der Waals surface area contributed by atoms with Gasteiger partial charge in [-0.25, -0.2) is 9.98 Å². The molecule has 2 aromatic rings. The molecule has 2 heterocycles. The molecule has 0 amide bonds. The number of aromatic nitrogens is 1. The Kier molecular flexibility index (Phi) is 10.6. The monoisotopic (exact) mass is 555 g/mol. The van der Waals surface area contributed by atoms with E-state index in [0.29, 0.717) is 19.0 Å². The molecule has 8 nitrogen and oxygen atoms in total. The maximum absolute atomic E-state index is 5.62. The van der Waals surface area contributed by atoms with Gasteiger partial charge in [0.25, 0.3) is 0 Å². The molecule has 2 N–H and O–H groups in total. The van der Waals surface area contributed by atoms with Crippen molar-refractivity contribution in [3.05, 3.63) is 42.1 Å². The Morgan fingerprint density at radius 1 is 1.19 bits per heavy atom. The van der Waals surface area contributed by atoms with Gasteiger partial charge < -0.3 is 29.7 Å². The summed E-state index contributed by atoms with van der Waals surface area (Å²) in [5.74, 6) is 3.02. The van der Waals surface area contributed by atoms with Crippen LogP contribution in [-0.4, -0.2) is 57.4 Å². The molecule has 176 valence electrons. The minimum absolute atomic E-state index is 0. The highest BCUT2D eigenvalue weighted by Gasteiger charge is 2.24. The highest BCUT2D eigenvalue weighted by molar-refractivity contribution is 14.0. The lowest BCUT2D eigenvalue weighted by molar-refractivity contribution is 0.323. The van der Waals surface area contributed by atoms with Crippen molar-refractivity contribution < 1.29 is 14.2 Å². The maximum atomic E-state index is 5.62. The van der Waals surface area contributed by atoms with E-state index in [9.17, 15) is 0 Å². The van der Waals surface area contributed by atoms with Gasteiger partial charge in [0.2, 0.25) is 5.88 Å². The number of methoxy groups -OCH3 is 2. The summed E-state index contributed by atoms with van der Waals surface area (Å²) in [5, 5.41) is 6.91. The van der Waals surface area contributed by atoms with E-state index in [1.807, 2.05) is 37.3 Å². The number of halogens is 1. The summed E-state index contributed by atoms with van der Waals surface area (Å²) in [6, 6.07) is 10.2. The fraction of sp³-hybridized carbons (Fsp3) is 0.478. The summed E-state index contributed by atoms with van der Waals surface area (Å²) >= 11 is 0. The molecule has 1 unspecified atom stereocenters. The van der Waals surface area contributed by atoms with Crippen molar-refractivity contribution >= 4 is 35.6 Å². The minimum Gasteiger partial charge on any atom is -0.497 e. The quantitative estimate of drug-likeness (QED) is 0.279. The lowest BCUT2D eigenvalue weighted by atomic mass is 10.2. The van der Waals surface area contributed by atoms with Gasteiger partial charge in [-0.15, -0.1) is 24.0 Å². The van der Waals surface area contributed by atoms with Gasteiger partial charge in [-0.05, 0) is 26.3 Å². The van der Waals surface area contributed by atoms with Crippen molar-refractivity contribution in [2.24, 2.45) is 4.99 Å². The maximum Gasteiger partial charge on any atom is 0.218 e. The molecule has 0 spiro atoms. The van der Waals surface area contributed by atoms with E-state index in [0.717, 1.165) is 54.8 Å². The molecule has 1 aromatic carbocycles. The van der Waals surface area contributed by atoms with Crippen LogP contribution in [0.25, 0.3) is 0 Å². The normalized spacial score (nSPS) is 15.7. The Hall–Kier alpha value is -2.43. The molecule has 32 heavy (non-hydrogen) atoms. The molecular formula is C23H34IN5O3. The first-order chi connectivity index (χ1) is 15.2. The van der Waals surface area contributed by atoms with Crippen LogP contribution in [0.3, 0.4) is 0 Å². The Balaban J connectivity index is 0.00000363. The zero-order valence-corrected chi connectivity index (χ0v) is 21.6. The van der Waals surface area contributed by atoms with Crippen molar-refractivity contribution in [3.63, 3.8) is 0 Å². The molecule has 1 atom stereocenters. The van der Waals surface area contributed by atoms with Crippen LogP contribution in [0.2, 0.25) is 0 Å². The summed E-state index contributed by atoms with van der Waals surface area (Å²) in [5.41, 5.74) is 2.07. The van der Waals surface area contributed by atoms with Gasteiger partial charge >= 0.3 is 0 Å². The van der Waals surface area contributed by atoms with Crippen molar-refractivity contribution in [3.8, 4) is 17.4 Å². The predicted octanol–water partition coefficient (Wildman–Crippen LogP) is 3.45. The Morgan fingerprint density at radius 2 is 1.94 bits per heavy atom. The molecule has 0 bridgehead atoms. The molecule has 1 aromatic heterocycles. The number of hydrogen-bond donors (Lipinski definition) is 2. The summed E-state index contributed by atoms with van der Waals surface area (Å²) in [4.78, 5) is 11.4. The smallest absolute Gasteiger partial charge is 0.218 e. The number of nitrogens with zero attached hydrogens (tertiary/aromatic N) is 3. The average molecular weight is 555 g/mol. The lowest BCUT2D eigenvalue weighted by Crippen LogP contribution is -2.44. The standard InChI is InChI=1S/C23H33N5O3.HI/c1-5-24-23(26-15-17-8-7-10-25-22(17)31-6-2)27-18-9-11-28(16-18)19-12-20(29-3)14-21(13-19)30-4;/h7-8,10,12-14,18H,5-6,9,11,15-16H2,1-4H3,(H2,24,26,27);1H. The molecular weight excluding hydrogens is 521 g/mol. The van der Waals surface area contributed by atoms with Crippen molar-refractivity contribution in [1.82, 2.24) is 15.6 Å². The highest BCUT2D eigenvalue weighted by Crippen LogP contribution is 2.30. The summed E-state index contributed by atoms with van der Waals surface area (Å²) in [7, 11) is 3.34. The van der Waals surface area contributed by atoms with Crippen LogP contribution in [0.5, 0.6) is 17.4 Å². The molecule has 0 radical (unpaired) electrons. The molecule has 1 aliphatic rings. The largest absolute Gasteiger partial charge is 0.497 e. The van der Waals surface area contributed by atoms with E-state index in [-0.39, 0.29) is 30.0 Å². The first-order valence-electron chi connectivity index (χ1n) is 10.8. The fourth-order valence-electron chi connectivity index (χ4n) is 3.58. The zero-order chi connectivity index (χ0) is 22.1. The predicted molar refractivity (Wildman–Crippen MR) is 139 cm³/mol. The van der Waals surface area contributed by atoms with E-state index in [2.05, 4.69) is 27.4 Å². The SMILES string of the molecule is CCNC(=NCc1cccnc1OCC)NC1CCN(c2cc(OC)cc(OC)c2)C1.I. The third kappa shape index (κ3) is 7.04. The fourth-order valence-corrected chi connectivity index (χ4v) is 3.58. The van der Waals surface area contributed by atoms with E-state index in [1.165, 1.54) is 0 Å². The molecule has 1 saturated heterocycles. The zero-order valence-electron chi connectivity index (χ0n) is 19.3. The van der Waals surface area contributed by atoms with Gasteiger partial charge in [0.1, 0.15) is 11.5 Å². The second kappa shape index (κ2) is 13.2. The number of hydrogen-bond acceptors (Lipinski definition) is 6. The topological polar surface area (TPSA) is 80.2 Å². The third-order valence-electron chi connectivity index (χ3n) is 5.11. The van der Waals surface area contributed by atoms with Crippen LogP contribution in [0, 0.1) is 0 Å². The van der Waals surface area contributed by atoms with Crippen LogP contribution >= 0.6 is 24.0 Å². The second-order valence-corrected chi connectivity index (χ2v) is 7.24. The van der Waals surface area contributed by atoms with Crippen molar-refractivity contribution in [2.45, 2.75) is 32.9 Å².